The van der Waals surface area contributed by atoms with E-state index in [1.807, 2.05) is 6.07 Å². The van der Waals surface area contributed by atoms with Gasteiger partial charge in [0.15, 0.2) is 0 Å². The van der Waals surface area contributed by atoms with E-state index in [1.165, 1.54) is 12.1 Å². The normalized spacial score (nSPS) is 10.3. The van der Waals surface area contributed by atoms with E-state index in [0.29, 0.717) is 22.5 Å². The molecule has 0 saturated heterocycles. The molecule has 2 N–H and O–H groups in total. The number of non-ortho nitro benzene ring substituents is 1. The molecule has 3 rings (SSSR count). The molecule has 0 heterocycles. The van der Waals surface area contributed by atoms with Gasteiger partial charge in [0.2, 0.25) is 0 Å². The maximum atomic E-state index is 12.6. The second-order valence-corrected chi connectivity index (χ2v) is 6.58. The second kappa shape index (κ2) is 8.53. The van der Waals surface area contributed by atoms with Gasteiger partial charge < -0.3 is 10.6 Å². The molecule has 2 amide bonds. The molecule has 29 heavy (non-hydrogen) atoms. The second-order valence-electron chi connectivity index (χ2n) is 6.17. The number of hydrogen-bond donors (Lipinski definition) is 2. The SMILES string of the molecule is Cc1c(NC(=O)c2ccccc2)cccc1NC(=O)c1ccc([N+](=O)[O-])cc1Cl. The van der Waals surface area contributed by atoms with Crippen molar-refractivity contribution in [3.8, 4) is 0 Å². The molecule has 0 radical (unpaired) electrons. The molecule has 8 heteroatoms. The van der Waals surface area contributed by atoms with E-state index in [4.69, 9.17) is 11.6 Å². The van der Waals surface area contributed by atoms with Gasteiger partial charge in [-0.1, -0.05) is 35.9 Å². The fourth-order valence-electron chi connectivity index (χ4n) is 2.68. The maximum absolute atomic E-state index is 12.6. The molecule has 0 spiro atoms. The van der Waals surface area contributed by atoms with Crippen LogP contribution in [0.4, 0.5) is 17.1 Å². The monoisotopic (exact) mass is 409 g/mol. The molecule has 0 atom stereocenters. The Kier molecular flexibility index (Phi) is 5.90. The zero-order valence-electron chi connectivity index (χ0n) is 15.3. The first-order valence-electron chi connectivity index (χ1n) is 8.58. The van der Waals surface area contributed by atoms with Crippen molar-refractivity contribution in [2.45, 2.75) is 6.92 Å². The lowest BCUT2D eigenvalue weighted by Gasteiger charge is -2.14. The van der Waals surface area contributed by atoms with E-state index in [0.717, 1.165) is 6.07 Å². The van der Waals surface area contributed by atoms with Gasteiger partial charge in [-0.05, 0) is 42.8 Å². The number of carbonyl (C=O) groups excluding carboxylic acids is 2. The van der Waals surface area contributed by atoms with Gasteiger partial charge in [0.25, 0.3) is 17.5 Å². The standard InChI is InChI=1S/C21H16ClN3O4/c1-13-18(23-20(26)14-6-3-2-4-7-14)8-5-9-19(13)24-21(27)16-11-10-15(25(28)29)12-17(16)22/h2-12H,1H3,(H,23,26)(H,24,27). The van der Waals surface area contributed by atoms with Crippen LogP contribution >= 0.6 is 11.6 Å². The van der Waals surface area contributed by atoms with Crippen LogP contribution in [-0.4, -0.2) is 16.7 Å². The highest BCUT2D eigenvalue weighted by atomic mass is 35.5. The Hall–Kier alpha value is -3.71. The Balaban J connectivity index is 1.80. The zero-order valence-corrected chi connectivity index (χ0v) is 16.1. The molecule has 0 aliphatic rings. The van der Waals surface area contributed by atoms with Gasteiger partial charge in [-0.3, -0.25) is 19.7 Å². The van der Waals surface area contributed by atoms with Crippen molar-refractivity contribution < 1.29 is 14.5 Å². The number of benzene rings is 3. The van der Waals surface area contributed by atoms with Crippen molar-refractivity contribution in [3.05, 3.63) is 98.6 Å². The number of carbonyl (C=O) groups is 2. The van der Waals surface area contributed by atoms with E-state index in [9.17, 15) is 19.7 Å². The summed E-state index contributed by atoms with van der Waals surface area (Å²) in [5.41, 5.74) is 2.10. The van der Waals surface area contributed by atoms with E-state index in [1.54, 1.807) is 49.4 Å². The average molecular weight is 410 g/mol. The summed E-state index contributed by atoms with van der Waals surface area (Å²) in [6.45, 7) is 1.76. The molecule has 3 aromatic carbocycles. The molecule has 0 bridgehead atoms. The Morgan fingerprint density at radius 2 is 1.52 bits per heavy atom. The molecule has 7 nitrogen and oxygen atoms in total. The molecule has 146 valence electrons. The summed E-state index contributed by atoms with van der Waals surface area (Å²) in [5, 5.41) is 16.3. The van der Waals surface area contributed by atoms with Crippen molar-refractivity contribution in [1.29, 1.82) is 0 Å². The highest BCUT2D eigenvalue weighted by molar-refractivity contribution is 6.34. The van der Waals surface area contributed by atoms with E-state index in [-0.39, 0.29) is 22.2 Å². The lowest BCUT2D eigenvalue weighted by molar-refractivity contribution is -0.384. The van der Waals surface area contributed by atoms with Crippen LogP contribution in [0.2, 0.25) is 5.02 Å². The van der Waals surface area contributed by atoms with Crippen LogP contribution in [0.1, 0.15) is 26.3 Å². The number of hydrogen-bond acceptors (Lipinski definition) is 4. The number of amides is 2. The number of halogens is 1. The molecule has 0 saturated carbocycles. The Morgan fingerprint density at radius 1 is 0.897 bits per heavy atom. The first-order valence-corrected chi connectivity index (χ1v) is 8.96. The van der Waals surface area contributed by atoms with Crippen molar-refractivity contribution in [1.82, 2.24) is 0 Å². The zero-order chi connectivity index (χ0) is 21.0. The van der Waals surface area contributed by atoms with Gasteiger partial charge in [0.1, 0.15) is 0 Å². The summed E-state index contributed by atoms with van der Waals surface area (Å²) in [6, 6.07) is 17.5. The predicted molar refractivity (Wildman–Crippen MR) is 112 cm³/mol. The number of nitrogens with zero attached hydrogens (tertiary/aromatic N) is 1. The quantitative estimate of drug-likeness (QED) is 0.454. The van der Waals surface area contributed by atoms with Gasteiger partial charge in [-0.2, -0.15) is 0 Å². The fourth-order valence-corrected chi connectivity index (χ4v) is 2.94. The molecular weight excluding hydrogens is 394 g/mol. The molecule has 3 aromatic rings. The Labute approximate surface area is 171 Å². The third-order valence-corrected chi connectivity index (χ3v) is 4.59. The molecule has 0 aromatic heterocycles. The Bertz CT molecular complexity index is 1100. The number of anilines is 2. The van der Waals surface area contributed by atoms with Gasteiger partial charge >= 0.3 is 0 Å². The molecule has 0 fully saturated rings. The minimum Gasteiger partial charge on any atom is -0.322 e. The number of nitrogens with one attached hydrogen (secondary N) is 2. The summed E-state index contributed by atoms with van der Waals surface area (Å²) in [5.74, 6) is -0.782. The van der Waals surface area contributed by atoms with E-state index in [2.05, 4.69) is 10.6 Å². The lowest BCUT2D eigenvalue weighted by Crippen LogP contribution is -2.16. The summed E-state index contributed by atoms with van der Waals surface area (Å²) >= 11 is 6.02. The Morgan fingerprint density at radius 3 is 2.10 bits per heavy atom. The summed E-state index contributed by atoms with van der Waals surface area (Å²) in [4.78, 5) is 35.2. The van der Waals surface area contributed by atoms with Crippen LogP contribution in [-0.2, 0) is 0 Å². The molecular formula is C21H16ClN3O4. The third kappa shape index (κ3) is 4.59. The van der Waals surface area contributed by atoms with Gasteiger partial charge in [0.05, 0.1) is 15.5 Å². The van der Waals surface area contributed by atoms with E-state index < -0.39 is 10.8 Å². The van der Waals surface area contributed by atoms with E-state index >= 15 is 0 Å². The van der Waals surface area contributed by atoms with Crippen molar-refractivity contribution >= 4 is 40.5 Å². The van der Waals surface area contributed by atoms with Crippen LogP contribution in [0.15, 0.2) is 66.7 Å². The van der Waals surface area contributed by atoms with Gasteiger partial charge in [-0.25, -0.2) is 0 Å². The predicted octanol–water partition coefficient (Wildman–Crippen LogP) is 5.06. The minimum atomic E-state index is -0.587. The topological polar surface area (TPSA) is 101 Å². The highest BCUT2D eigenvalue weighted by Crippen LogP contribution is 2.27. The van der Waals surface area contributed by atoms with Gasteiger partial charge in [-0.15, -0.1) is 0 Å². The number of nitro groups is 1. The largest absolute Gasteiger partial charge is 0.322 e. The first kappa shape index (κ1) is 20.0. The summed E-state index contributed by atoms with van der Waals surface area (Å²) in [6.07, 6.45) is 0. The molecule has 0 aliphatic heterocycles. The van der Waals surface area contributed by atoms with Crippen LogP contribution in [0.5, 0.6) is 0 Å². The average Bonchev–Trinajstić information content (AvgIpc) is 2.71. The summed E-state index contributed by atoms with van der Waals surface area (Å²) in [7, 11) is 0. The molecule has 0 aliphatic carbocycles. The highest BCUT2D eigenvalue weighted by Gasteiger charge is 2.17. The van der Waals surface area contributed by atoms with Crippen molar-refractivity contribution in [3.63, 3.8) is 0 Å². The van der Waals surface area contributed by atoms with Crippen LogP contribution in [0, 0.1) is 17.0 Å². The number of rotatable bonds is 5. The van der Waals surface area contributed by atoms with Crippen LogP contribution in [0.3, 0.4) is 0 Å². The third-order valence-electron chi connectivity index (χ3n) is 4.27. The smallest absolute Gasteiger partial charge is 0.270 e. The first-order chi connectivity index (χ1) is 13.9. The molecule has 0 unspecified atom stereocenters. The number of nitro benzene ring substituents is 1. The summed E-state index contributed by atoms with van der Waals surface area (Å²) < 4.78 is 0. The van der Waals surface area contributed by atoms with Crippen molar-refractivity contribution in [2.24, 2.45) is 0 Å². The van der Waals surface area contributed by atoms with Crippen LogP contribution in [0.25, 0.3) is 0 Å². The minimum absolute atomic E-state index is 0.0251. The fraction of sp³-hybridized carbons (Fsp3) is 0.0476. The lowest BCUT2D eigenvalue weighted by atomic mass is 10.1. The van der Waals surface area contributed by atoms with Gasteiger partial charge in [0, 0.05) is 29.1 Å². The van der Waals surface area contributed by atoms with Crippen molar-refractivity contribution in [2.75, 3.05) is 10.6 Å². The maximum Gasteiger partial charge on any atom is 0.270 e. The van der Waals surface area contributed by atoms with Crippen LogP contribution < -0.4 is 10.6 Å².